The average molecular weight is 492 g/mol. The van der Waals surface area contributed by atoms with Crippen molar-refractivity contribution in [2.45, 2.75) is 111 Å². The van der Waals surface area contributed by atoms with E-state index in [1.165, 1.54) is 11.0 Å². The number of aromatic hydroxyl groups is 1. The van der Waals surface area contributed by atoms with E-state index in [-0.39, 0.29) is 23.6 Å². The molecule has 0 saturated heterocycles. The van der Waals surface area contributed by atoms with Gasteiger partial charge >= 0.3 is 6.09 Å². The Balaban J connectivity index is 3.50. The molecule has 0 fully saturated rings. The van der Waals surface area contributed by atoms with Crippen molar-refractivity contribution < 1.29 is 24.2 Å². The molecule has 0 aliphatic rings. The quantitative estimate of drug-likeness (QED) is 0.407. The van der Waals surface area contributed by atoms with Crippen molar-refractivity contribution in [3.05, 3.63) is 29.8 Å². The van der Waals surface area contributed by atoms with Gasteiger partial charge < -0.3 is 25.4 Å². The highest BCUT2D eigenvalue weighted by molar-refractivity contribution is 5.93. The second kappa shape index (κ2) is 13.4. The van der Waals surface area contributed by atoms with Gasteiger partial charge in [0.2, 0.25) is 11.8 Å². The lowest BCUT2D eigenvalue weighted by molar-refractivity contribution is -0.145. The normalized spacial score (nSPS) is 15.0. The van der Waals surface area contributed by atoms with Crippen LogP contribution in [0.15, 0.2) is 24.3 Å². The van der Waals surface area contributed by atoms with Crippen LogP contribution in [-0.2, 0) is 14.3 Å². The van der Waals surface area contributed by atoms with E-state index in [1.54, 1.807) is 39.0 Å². The maximum atomic E-state index is 14.0. The maximum Gasteiger partial charge on any atom is 0.408 e. The molecule has 3 N–H and O–H groups in total. The summed E-state index contributed by atoms with van der Waals surface area (Å²) in [5.41, 5.74) is -0.394. The Labute approximate surface area is 210 Å². The minimum absolute atomic E-state index is 0.0746. The standard InChI is InChI=1S/C27H45N3O5/c1-10-14-19(6)28-24(32)23(20-15-12-13-16-21(20)31)30(17(3)4)25(33)22(18(5)11-2)29-26(34)35-27(7,8)9/h12-13,15-19,22-23,31H,10-11,14H2,1-9H3,(H,28,32)(H,29,34). The SMILES string of the molecule is CCCC(C)NC(=O)C(c1ccccc1O)N(C(=O)C(NC(=O)OC(C)(C)C)C(C)CC)C(C)C. The molecule has 8 heteroatoms. The van der Waals surface area contributed by atoms with E-state index in [1.807, 2.05) is 41.5 Å². The molecule has 1 aromatic carbocycles. The largest absolute Gasteiger partial charge is 0.508 e. The zero-order valence-electron chi connectivity index (χ0n) is 22.8. The van der Waals surface area contributed by atoms with Crippen molar-refractivity contribution in [1.82, 2.24) is 15.5 Å². The first-order valence-electron chi connectivity index (χ1n) is 12.6. The summed E-state index contributed by atoms with van der Waals surface area (Å²) in [5.74, 6) is -1.08. The van der Waals surface area contributed by atoms with Crippen LogP contribution < -0.4 is 10.6 Å². The lowest BCUT2D eigenvalue weighted by atomic mass is 9.94. The van der Waals surface area contributed by atoms with Crippen molar-refractivity contribution in [3.8, 4) is 5.75 Å². The molecule has 0 radical (unpaired) electrons. The van der Waals surface area contributed by atoms with Crippen molar-refractivity contribution >= 4 is 17.9 Å². The molecule has 0 bridgehead atoms. The van der Waals surface area contributed by atoms with Gasteiger partial charge in [-0.25, -0.2) is 4.79 Å². The third-order valence-electron chi connectivity index (χ3n) is 5.83. The van der Waals surface area contributed by atoms with Crippen molar-refractivity contribution in [2.24, 2.45) is 5.92 Å². The summed E-state index contributed by atoms with van der Waals surface area (Å²) in [6.07, 6.45) is 1.61. The zero-order valence-corrected chi connectivity index (χ0v) is 22.8. The van der Waals surface area contributed by atoms with E-state index in [0.717, 1.165) is 12.8 Å². The van der Waals surface area contributed by atoms with Crippen LogP contribution in [0.2, 0.25) is 0 Å². The molecule has 1 rings (SSSR count). The second-order valence-electron chi connectivity index (χ2n) is 10.5. The van der Waals surface area contributed by atoms with Crippen LogP contribution in [0.1, 0.15) is 93.2 Å². The molecule has 4 unspecified atom stereocenters. The first-order chi connectivity index (χ1) is 16.2. The number of carbonyl (C=O) groups excluding carboxylic acids is 3. The predicted octanol–water partition coefficient (Wildman–Crippen LogP) is 4.91. The van der Waals surface area contributed by atoms with Gasteiger partial charge in [-0.15, -0.1) is 0 Å². The van der Waals surface area contributed by atoms with Gasteiger partial charge in [0, 0.05) is 17.6 Å². The van der Waals surface area contributed by atoms with Crippen LogP contribution >= 0.6 is 0 Å². The number of hydrogen-bond donors (Lipinski definition) is 3. The first-order valence-corrected chi connectivity index (χ1v) is 12.6. The fourth-order valence-electron chi connectivity index (χ4n) is 3.92. The number of ether oxygens (including phenoxy) is 1. The van der Waals surface area contributed by atoms with Gasteiger partial charge in [0.05, 0.1) is 0 Å². The highest BCUT2D eigenvalue weighted by Gasteiger charge is 2.40. The van der Waals surface area contributed by atoms with Gasteiger partial charge in [0.1, 0.15) is 23.4 Å². The molecule has 4 atom stereocenters. The third kappa shape index (κ3) is 9.07. The topological polar surface area (TPSA) is 108 Å². The molecule has 3 amide bonds. The lowest BCUT2D eigenvalue weighted by Crippen LogP contribution is -2.57. The lowest BCUT2D eigenvalue weighted by Gasteiger charge is -2.39. The van der Waals surface area contributed by atoms with Crippen LogP contribution in [0.3, 0.4) is 0 Å². The average Bonchev–Trinajstić information content (AvgIpc) is 2.74. The summed E-state index contributed by atoms with van der Waals surface area (Å²) in [6.45, 7) is 16.6. The van der Waals surface area contributed by atoms with Crippen molar-refractivity contribution in [2.75, 3.05) is 0 Å². The predicted molar refractivity (Wildman–Crippen MR) is 138 cm³/mol. The Morgan fingerprint density at radius 1 is 1.03 bits per heavy atom. The van der Waals surface area contributed by atoms with Gasteiger partial charge in [-0.05, 0) is 59.9 Å². The van der Waals surface area contributed by atoms with Crippen molar-refractivity contribution in [1.29, 1.82) is 0 Å². The molecule has 8 nitrogen and oxygen atoms in total. The van der Waals surface area contributed by atoms with Gasteiger partial charge in [-0.1, -0.05) is 51.8 Å². The Kier molecular flexibility index (Phi) is 11.5. The van der Waals surface area contributed by atoms with Gasteiger partial charge in [-0.3, -0.25) is 9.59 Å². The Hall–Kier alpha value is -2.77. The molecule has 0 aromatic heterocycles. The summed E-state index contributed by atoms with van der Waals surface area (Å²) in [6, 6.07) is 4.05. The summed E-state index contributed by atoms with van der Waals surface area (Å²) in [7, 11) is 0. The molecule has 0 heterocycles. The Morgan fingerprint density at radius 3 is 2.11 bits per heavy atom. The fraction of sp³-hybridized carbons (Fsp3) is 0.667. The number of carbonyl (C=O) groups is 3. The third-order valence-corrected chi connectivity index (χ3v) is 5.83. The maximum absolute atomic E-state index is 14.0. The van der Waals surface area contributed by atoms with Gasteiger partial charge in [-0.2, -0.15) is 0 Å². The fourth-order valence-corrected chi connectivity index (χ4v) is 3.92. The zero-order chi connectivity index (χ0) is 26.9. The second-order valence-corrected chi connectivity index (χ2v) is 10.5. The smallest absolute Gasteiger partial charge is 0.408 e. The van der Waals surface area contributed by atoms with Gasteiger partial charge in [0.15, 0.2) is 0 Å². The van der Waals surface area contributed by atoms with Crippen molar-refractivity contribution in [3.63, 3.8) is 0 Å². The minimum atomic E-state index is -1.07. The van der Waals surface area contributed by atoms with Crippen LogP contribution in [-0.4, -0.2) is 51.6 Å². The number of amides is 3. The molecule has 198 valence electrons. The molecular weight excluding hydrogens is 446 g/mol. The van der Waals surface area contributed by atoms with E-state index in [2.05, 4.69) is 10.6 Å². The molecule has 35 heavy (non-hydrogen) atoms. The van der Waals surface area contributed by atoms with E-state index < -0.39 is 35.7 Å². The number of hydrogen-bond acceptors (Lipinski definition) is 5. The summed E-state index contributed by atoms with van der Waals surface area (Å²) < 4.78 is 5.40. The summed E-state index contributed by atoms with van der Waals surface area (Å²) >= 11 is 0. The van der Waals surface area contributed by atoms with Crippen LogP contribution in [0, 0.1) is 5.92 Å². The number of benzene rings is 1. The molecule has 0 saturated carbocycles. The van der Waals surface area contributed by atoms with Crippen LogP contribution in [0.5, 0.6) is 5.75 Å². The van der Waals surface area contributed by atoms with Crippen LogP contribution in [0.4, 0.5) is 4.79 Å². The number of nitrogens with one attached hydrogen (secondary N) is 2. The first kappa shape index (κ1) is 30.3. The number of nitrogens with zero attached hydrogens (tertiary/aromatic N) is 1. The Morgan fingerprint density at radius 2 is 1.63 bits per heavy atom. The molecule has 0 aliphatic heterocycles. The van der Waals surface area contributed by atoms with E-state index in [4.69, 9.17) is 4.74 Å². The van der Waals surface area contributed by atoms with E-state index in [9.17, 15) is 19.5 Å². The Bertz CT molecular complexity index is 849. The monoisotopic (exact) mass is 491 g/mol. The number of rotatable bonds is 11. The number of alkyl carbamates (subject to hydrolysis) is 1. The molecule has 0 aliphatic carbocycles. The summed E-state index contributed by atoms with van der Waals surface area (Å²) in [4.78, 5) is 41.7. The van der Waals surface area contributed by atoms with Gasteiger partial charge in [0.25, 0.3) is 0 Å². The van der Waals surface area contributed by atoms with E-state index in [0.29, 0.717) is 12.0 Å². The number of phenols is 1. The summed E-state index contributed by atoms with van der Waals surface area (Å²) in [5, 5.41) is 16.4. The molecule has 0 spiro atoms. The molecular formula is C27H45N3O5. The number of para-hydroxylation sites is 1. The highest BCUT2D eigenvalue weighted by atomic mass is 16.6. The highest BCUT2D eigenvalue weighted by Crippen LogP contribution is 2.32. The van der Waals surface area contributed by atoms with Crippen LogP contribution in [0.25, 0.3) is 0 Å². The number of phenolic OH excluding ortho intramolecular Hbond substituents is 1. The van der Waals surface area contributed by atoms with E-state index >= 15 is 0 Å². The molecule has 1 aromatic rings. The minimum Gasteiger partial charge on any atom is -0.508 e.